The molecule has 1 N–H and O–H groups in total. The van der Waals surface area contributed by atoms with Crippen molar-refractivity contribution < 1.29 is 38.5 Å². The molecule has 7 aliphatic rings. The monoisotopic (exact) mass is 742 g/mol. The van der Waals surface area contributed by atoms with E-state index in [1.54, 1.807) is 24.5 Å². The van der Waals surface area contributed by atoms with Gasteiger partial charge >= 0.3 is 0 Å². The predicted octanol–water partition coefficient (Wildman–Crippen LogP) is 4.46. The molecule has 0 spiro atoms. The molecule has 1 saturated carbocycles. The summed E-state index contributed by atoms with van der Waals surface area (Å²) >= 11 is 0. The number of hydrogen-bond donors (Lipinski definition) is 1. The number of rotatable bonds is 5. The van der Waals surface area contributed by atoms with Crippen LogP contribution >= 0.6 is 0 Å². The lowest BCUT2D eigenvalue weighted by atomic mass is 9.56. The van der Waals surface area contributed by atoms with Crippen LogP contribution in [0, 0.1) is 35.5 Å². The van der Waals surface area contributed by atoms with Crippen molar-refractivity contribution in [2.45, 2.75) is 19.3 Å². The molecule has 0 bridgehead atoms. The zero-order chi connectivity index (χ0) is 37.4. The van der Waals surface area contributed by atoms with Crippen LogP contribution in [0.2, 0.25) is 0 Å². The maximum atomic E-state index is 14.7. The summed E-state index contributed by atoms with van der Waals surface area (Å²) in [5, 5.41) is 10.3. The summed E-state index contributed by atoms with van der Waals surface area (Å²) in [6.45, 7) is 5.67. The number of imide groups is 2. The van der Waals surface area contributed by atoms with E-state index in [-0.39, 0.29) is 35.8 Å². The minimum Gasteiger partial charge on any atom is -0.508 e. The maximum Gasteiger partial charge on any atom is 0.238 e. The molecule has 6 atom stereocenters. The number of hydrogen-bond acceptors (Lipinski definition) is 10. The second kappa shape index (κ2) is 13.4. The summed E-state index contributed by atoms with van der Waals surface area (Å²) in [5.41, 5.74) is 5.55. The van der Waals surface area contributed by atoms with Crippen molar-refractivity contribution in [2.24, 2.45) is 35.5 Å². The van der Waals surface area contributed by atoms with Crippen molar-refractivity contribution in [2.75, 3.05) is 72.2 Å². The van der Waals surface area contributed by atoms with Gasteiger partial charge in [-0.05, 0) is 91.1 Å². The summed E-state index contributed by atoms with van der Waals surface area (Å²) in [6, 6.07) is 20.1. The first-order valence-electron chi connectivity index (χ1n) is 19.3. The maximum absolute atomic E-state index is 14.7. The Bertz CT molecular complexity index is 2140. The number of nitrogens with zero attached hydrogens (tertiary/aromatic N) is 4. The van der Waals surface area contributed by atoms with Crippen LogP contribution in [0.1, 0.15) is 18.4 Å². The highest BCUT2D eigenvalue weighted by Crippen LogP contribution is 2.58. The second-order valence-corrected chi connectivity index (χ2v) is 15.6. The molecule has 12 heteroatoms. The number of allylic oxidation sites excluding steroid dienone is 3. The highest BCUT2D eigenvalue weighted by atomic mass is 16.5. The van der Waals surface area contributed by atoms with Gasteiger partial charge in [-0.1, -0.05) is 11.6 Å². The van der Waals surface area contributed by atoms with Crippen molar-refractivity contribution in [3.05, 3.63) is 95.8 Å². The molecule has 12 nitrogen and oxygen atoms in total. The SMILES string of the molecule is O=C1[C@H]2[C@H](CC=C3[C@H](C4=COc5ccc(O)cc5C4)[C@@H]4C(=O)N(c5ccc(N6CCOCC6)cc5)C(=O)[C@@H]4C[C@H]32)C(=O)N1c1ccc(N2CCOCC2)cc1. The van der Waals surface area contributed by atoms with Crippen LogP contribution in [0.3, 0.4) is 0 Å². The minimum atomic E-state index is -0.713. The minimum absolute atomic E-state index is 0.106. The van der Waals surface area contributed by atoms with E-state index in [1.807, 2.05) is 48.5 Å². The van der Waals surface area contributed by atoms with E-state index in [9.17, 15) is 24.3 Å². The Morgan fingerprint density at radius 1 is 0.600 bits per heavy atom. The van der Waals surface area contributed by atoms with E-state index in [1.165, 1.54) is 9.80 Å². The molecule has 3 aromatic carbocycles. The lowest BCUT2D eigenvalue weighted by Gasteiger charge is -2.45. The summed E-state index contributed by atoms with van der Waals surface area (Å²) in [7, 11) is 0. The van der Waals surface area contributed by atoms with Gasteiger partial charge in [0.15, 0.2) is 0 Å². The number of benzene rings is 3. The largest absolute Gasteiger partial charge is 0.508 e. The molecule has 4 saturated heterocycles. The topological polar surface area (TPSA) is 129 Å². The Morgan fingerprint density at radius 3 is 1.75 bits per heavy atom. The van der Waals surface area contributed by atoms with Crippen LogP contribution < -0.4 is 24.3 Å². The molecule has 0 unspecified atom stereocenters. The third kappa shape index (κ3) is 5.56. The number of morpholine rings is 2. The van der Waals surface area contributed by atoms with Crippen molar-refractivity contribution in [1.82, 2.24) is 0 Å². The number of ether oxygens (including phenoxy) is 3. The summed E-state index contributed by atoms with van der Waals surface area (Å²) in [5.74, 6) is -3.94. The Kier molecular flexibility index (Phi) is 8.29. The molecule has 3 aromatic rings. The van der Waals surface area contributed by atoms with Crippen molar-refractivity contribution in [3.8, 4) is 11.5 Å². The number of anilines is 4. The van der Waals surface area contributed by atoms with Gasteiger partial charge in [0.25, 0.3) is 0 Å². The fraction of sp³-hybridized carbons (Fsp3) is 0.395. The summed E-state index contributed by atoms with van der Waals surface area (Å²) in [4.78, 5) is 65.1. The zero-order valence-electron chi connectivity index (χ0n) is 30.3. The van der Waals surface area contributed by atoms with E-state index in [4.69, 9.17) is 14.2 Å². The quantitative estimate of drug-likeness (QED) is 0.296. The van der Waals surface area contributed by atoms with Crippen LogP contribution in [0.15, 0.2) is 90.2 Å². The van der Waals surface area contributed by atoms with Gasteiger partial charge in [0, 0.05) is 55.5 Å². The lowest BCUT2D eigenvalue weighted by Crippen LogP contribution is -2.45. The molecular weight excluding hydrogens is 700 g/mol. The second-order valence-electron chi connectivity index (χ2n) is 15.6. The van der Waals surface area contributed by atoms with Crippen LogP contribution in [-0.4, -0.2) is 81.3 Å². The summed E-state index contributed by atoms with van der Waals surface area (Å²) in [6.07, 6.45) is 4.78. The third-order valence-corrected chi connectivity index (χ3v) is 12.8. The first kappa shape index (κ1) is 34.1. The molecule has 4 amide bonds. The molecule has 0 radical (unpaired) electrons. The molecule has 5 fully saturated rings. The number of phenolic OH excluding ortho intramolecular Hbond substituents is 1. The summed E-state index contributed by atoms with van der Waals surface area (Å²) < 4.78 is 17.1. The van der Waals surface area contributed by atoms with Crippen LogP contribution in [-0.2, 0) is 35.1 Å². The number of carbonyl (C=O) groups excluding carboxylic acids is 4. The molecular formula is C43H42N4O8. The van der Waals surface area contributed by atoms with Crippen LogP contribution in [0.25, 0.3) is 0 Å². The Balaban J connectivity index is 0.990. The van der Waals surface area contributed by atoms with Gasteiger partial charge in [0.2, 0.25) is 23.6 Å². The number of aromatic hydroxyl groups is 1. The molecule has 5 heterocycles. The predicted molar refractivity (Wildman–Crippen MR) is 203 cm³/mol. The van der Waals surface area contributed by atoms with Crippen molar-refractivity contribution >= 4 is 46.4 Å². The lowest BCUT2D eigenvalue weighted by molar-refractivity contribution is -0.126. The Hall–Kier alpha value is -5.46. The molecule has 2 aliphatic carbocycles. The molecule has 282 valence electrons. The fourth-order valence-corrected chi connectivity index (χ4v) is 10.2. The smallest absolute Gasteiger partial charge is 0.238 e. The number of fused-ring (bicyclic) bond motifs is 5. The normalized spacial score (nSPS) is 28.9. The molecule has 5 aliphatic heterocycles. The van der Waals surface area contributed by atoms with Crippen LogP contribution in [0.4, 0.5) is 22.7 Å². The van der Waals surface area contributed by atoms with Gasteiger partial charge in [0.05, 0.1) is 67.7 Å². The third-order valence-electron chi connectivity index (χ3n) is 12.8. The van der Waals surface area contributed by atoms with Crippen molar-refractivity contribution in [1.29, 1.82) is 0 Å². The van der Waals surface area contributed by atoms with Gasteiger partial charge in [-0.3, -0.25) is 29.0 Å². The highest BCUT2D eigenvalue weighted by molar-refractivity contribution is 6.24. The Labute approximate surface area is 318 Å². The van der Waals surface area contributed by atoms with Gasteiger partial charge in [-0.15, -0.1) is 0 Å². The van der Waals surface area contributed by atoms with E-state index in [0.29, 0.717) is 56.4 Å². The molecule has 10 rings (SSSR count). The first-order valence-corrected chi connectivity index (χ1v) is 19.3. The van der Waals surface area contributed by atoms with Crippen molar-refractivity contribution in [3.63, 3.8) is 0 Å². The average Bonchev–Trinajstić information content (AvgIpc) is 3.63. The average molecular weight is 743 g/mol. The van der Waals surface area contributed by atoms with Gasteiger partial charge in [-0.25, -0.2) is 0 Å². The van der Waals surface area contributed by atoms with Gasteiger partial charge in [-0.2, -0.15) is 0 Å². The number of carbonyl (C=O) groups is 4. The van der Waals surface area contributed by atoms with E-state index in [2.05, 4.69) is 15.9 Å². The fourth-order valence-electron chi connectivity index (χ4n) is 10.2. The molecule has 55 heavy (non-hydrogen) atoms. The molecule has 0 aromatic heterocycles. The van der Waals surface area contributed by atoms with Gasteiger partial charge < -0.3 is 29.1 Å². The van der Waals surface area contributed by atoms with E-state index < -0.39 is 35.5 Å². The van der Waals surface area contributed by atoms with E-state index in [0.717, 1.165) is 54.3 Å². The van der Waals surface area contributed by atoms with Crippen LogP contribution in [0.5, 0.6) is 11.5 Å². The number of phenols is 1. The van der Waals surface area contributed by atoms with E-state index >= 15 is 0 Å². The highest BCUT2D eigenvalue weighted by Gasteiger charge is 2.62. The number of amides is 4. The first-order chi connectivity index (χ1) is 26.9. The Morgan fingerprint density at radius 2 is 1.15 bits per heavy atom. The van der Waals surface area contributed by atoms with Gasteiger partial charge in [0.1, 0.15) is 11.5 Å². The zero-order valence-corrected chi connectivity index (χ0v) is 30.3. The standard InChI is InChI=1S/C43H42N4O8/c48-31-9-12-36-25(22-31)21-26(24-55-36)37-32-10-11-33-38(42(51)46(40(33)49)29-5-1-27(2-6-29)44-13-17-53-18-14-44)34(32)23-35-39(37)43(52)47(41(35)50)30-7-3-28(4-8-30)45-15-19-54-20-16-45/h1-10,12,22,24,33-35,37-39,48H,11,13-21,23H2/t33-,34+,35+,37-,38-,39+/m0/s1.